The highest BCUT2D eigenvalue weighted by Gasteiger charge is 2.16. The molecule has 0 amide bonds. The van der Waals surface area contributed by atoms with Crippen molar-refractivity contribution < 1.29 is 0 Å². The van der Waals surface area contributed by atoms with Crippen LogP contribution in [0.1, 0.15) is 27.2 Å². The molecule has 1 atom stereocenters. The summed E-state index contributed by atoms with van der Waals surface area (Å²) >= 11 is 3.43. The molecule has 0 saturated heterocycles. The van der Waals surface area contributed by atoms with Crippen molar-refractivity contribution in [2.24, 2.45) is 0 Å². The highest BCUT2D eigenvalue weighted by atomic mass is 79.9. The number of halogens is 1. The molecular weight excluding hydrogens is 256 g/mol. The molecular formula is C10H17BrN4. The van der Waals surface area contributed by atoms with Crippen molar-refractivity contribution in [1.29, 1.82) is 0 Å². The van der Waals surface area contributed by atoms with Crippen LogP contribution in [0.15, 0.2) is 10.8 Å². The van der Waals surface area contributed by atoms with Crippen LogP contribution in [0.4, 0.5) is 11.6 Å². The van der Waals surface area contributed by atoms with E-state index in [1.807, 2.05) is 0 Å². The Morgan fingerprint density at radius 1 is 1.47 bits per heavy atom. The zero-order valence-electron chi connectivity index (χ0n) is 9.37. The summed E-state index contributed by atoms with van der Waals surface area (Å²) in [6.07, 6.45) is 2.57. The Bertz CT molecular complexity index is 329. The first-order valence-corrected chi connectivity index (χ1v) is 5.93. The lowest BCUT2D eigenvalue weighted by atomic mass is 10.2. The quantitative estimate of drug-likeness (QED) is 0.915. The van der Waals surface area contributed by atoms with Gasteiger partial charge in [-0.05, 0) is 36.2 Å². The molecule has 2 N–H and O–H groups in total. The predicted octanol–water partition coefficient (Wildman–Crippen LogP) is 2.45. The van der Waals surface area contributed by atoms with E-state index in [0.29, 0.717) is 11.9 Å². The Labute approximate surface area is 99.0 Å². The predicted molar refractivity (Wildman–Crippen MR) is 66.9 cm³/mol. The molecule has 0 saturated carbocycles. The SMILES string of the molecule is CCC(C)N(CC)c1ncnc(N)c1Br. The summed E-state index contributed by atoms with van der Waals surface area (Å²) < 4.78 is 0.784. The molecule has 0 fully saturated rings. The third-order valence-corrected chi connectivity index (χ3v) is 3.29. The molecule has 1 aromatic heterocycles. The van der Waals surface area contributed by atoms with Gasteiger partial charge in [0.2, 0.25) is 0 Å². The van der Waals surface area contributed by atoms with Crippen LogP contribution in [0.5, 0.6) is 0 Å². The lowest BCUT2D eigenvalue weighted by molar-refractivity contribution is 0.621. The number of hydrogen-bond acceptors (Lipinski definition) is 4. The van der Waals surface area contributed by atoms with Gasteiger partial charge in [0.1, 0.15) is 22.4 Å². The van der Waals surface area contributed by atoms with Gasteiger partial charge in [-0.2, -0.15) is 0 Å². The van der Waals surface area contributed by atoms with Crippen molar-refractivity contribution in [3.63, 3.8) is 0 Å². The maximum Gasteiger partial charge on any atom is 0.148 e. The van der Waals surface area contributed by atoms with Gasteiger partial charge in [0, 0.05) is 12.6 Å². The summed E-state index contributed by atoms with van der Waals surface area (Å²) in [5, 5.41) is 0. The largest absolute Gasteiger partial charge is 0.383 e. The number of nitrogens with two attached hydrogens (primary N) is 1. The van der Waals surface area contributed by atoms with Gasteiger partial charge >= 0.3 is 0 Å². The topological polar surface area (TPSA) is 55.0 Å². The minimum atomic E-state index is 0.445. The zero-order valence-corrected chi connectivity index (χ0v) is 11.0. The van der Waals surface area contributed by atoms with Gasteiger partial charge in [-0.3, -0.25) is 0 Å². The van der Waals surface area contributed by atoms with Crippen molar-refractivity contribution in [3.05, 3.63) is 10.8 Å². The molecule has 1 unspecified atom stereocenters. The van der Waals surface area contributed by atoms with E-state index in [0.717, 1.165) is 23.3 Å². The molecule has 0 aliphatic carbocycles. The van der Waals surface area contributed by atoms with Gasteiger partial charge < -0.3 is 10.6 Å². The highest BCUT2D eigenvalue weighted by Crippen LogP contribution is 2.28. The fraction of sp³-hybridized carbons (Fsp3) is 0.600. The lowest BCUT2D eigenvalue weighted by Gasteiger charge is -2.29. The molecule has 0 aliphatic rings. The minimum Gasteiger partial charge on any atom is -0.383 e. The van der Waals surface area contributed by atoms with Crippen LogP contribution in [0, 0.1) is 0 Å². The molecule has 15 heavy (non-hydrogen) atoms. The molecule has 0 aliphatic heterocycles. The van der Waals surface area contributed by atoms with E-state index in [1.165, 1.54) is 6.33 Å². The fourth-order valence-corrected chi connectivity index (χ4v) is 1.90. The van der Waals surface area contributed by atoms with Crippen molar-refractivity contribution in [1.82, 2.24) is 9.97 Å². The first-order valence-electron chi connectivity index (χ1n) is 5.14. The van der Waals surface area contributed by atoms with Gasteiger partial charge in [0.15, 0.2) is 0 Å². The van der Waals surface area contributed by atoms with E-state index < -0.39 is 0 Å². The first-order chi connectivity index (χ1) is 7.11. The van der Waals surface area contributed by atoms with Gasteiger partial charge in [0.25, 0.3) is 0 Å². The van der Waals surface area contributed by atoms with Crippen LogP contribution in [0.25, 0.3) is 0 Å². The van der Waals surface area contributed by atoms with Crippen LogP contribution in [-0.2, 0) is 0 Å². The highest BCUT2D eigenvalue weighted by molar-refractivity contribution is 9.10. The number of hydrogen-bond donors (Lipinski definition) is 1. The van der Waals surface area contributed by atoms with Crippen LogP contribution >= 0.6 is 15.9 Å². The lowest BCUT2D eigenvalue weighted by Crippen LogP contribution is -2.33. The van der Waals surface area contributed by atoms with Gasteiger partial charge in [-0.25, -0.2) is 9.97 Å². The number of anilines is 2. The van der Waals surface area contributed by atoms with Crippen molar-refractivity contribution >= 4 is 27.6 Å². The number of aromatic nitrogens is 2. The summed E-state index contributed by atoms with van der Waals surface area (Å²) in [5.74, 6) is 1.36. The molecule has 1 aromatic rings. The minimum absolute atomic E-state index is 0.445. The maximum atomic E-state index is 5.73. The molecule has 1 heterocycles. The molecule has 0 aromatic carbocycles. The third kappa shape index (κ3) is 2.59. The van der Waals surface area contributed by atoms with E-state index in [1.54, 1.807) is 0 Å². The normalized spacial score (nSPS) is 12.5. The fourth-order valence-electron chi connectivity index (χ4n) is 1.46. The summed E-state index contributed by atoms with van der Waals surface area (Å²) in [7, 11) is 0. The molecule has 84 valence electrons. The Morgan fingerprint density at radius 3 is 2.67 bits per heavy atom. The first kappa shape index (κ1) is 12.2. The van der Waals surface area contributed by atoms with Gasteiger partial charge in [-0.15, -0.1) is 0 Å². The summed E-state index contributed by atoms with van der Waals surface area (Å²) in [4.78, 5) is 10.4. The van der Waals surface area contributed by atoms with Crippen molar-refractivity contribution in [2.45, 2.75) is 33.2 Å². The van der Waals surface area contributed by atoms with Gasteiger partial charge in [0.05, 0.1) is 0 Å². The molecule has 1 rings (SSSR count). The van der Waals surface area contributed by atoms with Crippen molar-refractivity contribution in [2.75, 3.05) is 17.2 Å². The summed E-state index contributed by atoms with van der Waals surface area (Å²) in [5.41, 5.74) is 5.73. The zero-order chi connectivity index (χ0) is 11.4. The average molecular weight is 273 g/mol. The monoisotopic (exact) mass is 272 g/mol. The van der Waals surface area contributed by atoms with Crippen LogP contribution in [-0.4, -0.2) is 22.6 Å². The molecule has 4 nitrogen and oxygen atoms in total. The van der Waals surface area contributed by atoms with E-state index >= 15 is 0 Å². The van der Waals surface area contributed by atoms with Crippen molar-refractivity contribution in [3.8, 4) is 0 Å². The average Bonchev–Trinajstić information content (AvgIpc) is 2.24. The van der Waals surface area contributed by atoms with Crippen LogP contribution in [0.3, 0.4) is 0 Å². The third-order valence-electron chi connectivity index (χ3n) is 2.53. The van der Waals surface area contributed by atoms with E-state index in [-0.39, 0.29) is 0 Å². The van der Waals surface area contributed by atoms with Crippen LogP contribution in [0.2, 0.25) is 0 Å². The second-order valence-electron chi connectivity index (χ2n) is 3.44. The Morgan fingerprint density at radius 2 is 2.13 bits per heavy atom. The van der Waals surface area contributed by atoms with Crippen LogP contribution < -0.4 is 10.6 Å². The Kier molecular flexibility index (Phi) is 4.32. The van der Waals surface area contributed by atoms with E-state index in [2.05, 4.69) is 51.6 Å². The summed E-state index contributed by atoms with van der Waals surface area (Å²) in [6.45, 7) is 7.35. The second-order valence-corrected chi connectivity index (χ2v) is 4.23. The van der Waals surface area contributed by atoms with E-state index in [9.17, 15) is 0 Å². The standard InChI is InChI=1S/C10H17BrN4/c1-4-7(3)15(5-2)10-8(11)9(12)13-6-14-10/h6-7H,4-5H2,1-3H3,(H2,12,13,14). The van der Waals surface area contributed by atoms with E-state index in [4.69, 9.17) is 5.73 Å². The number of nitrogen functional groups attached to an aromatic ring is 1. The molecule has 0 radical (unpaired) electrons. The smallest absolute Gasteiger partial charge is 0.148 e. The summed E-state index contributed by atoms with van der Waals surface area (Å²) in [6, 6.07) is 0.445. The number of rotatable bonds is 4. The molecule has 0 spiro atoms. The second kappa shape index (κ2) is 5.30. The molecule has 5 heteroatoms. The maximum absolute atomic E-state index is 5.73. The van der Waals surface area contributed by atoms with Gasteiger partial charge in [-0.1, -0.05) is 6.92 Å². The number of nitrogens with zero attached hydrogens (tertiary/aromatic N) is 3. The molecule has 0 bridgehead atoms. The Hall–Kier alpha value is -0.840. The Balaban J connectivity index is 3.07.